The summed E-state index contributed by atoms with van der Waals surface area (Å²) in [7, 11) is 1.59. The van der Waals surface area contributed by atoms with Crippen molar-refractivity contribution >= 4 is 17.6 Å². The van der Waals surface area contributed by atoms with E-state index in [2.05, 4.69) is 5.10 Å². The zero-order chi connectivity index (χ0) is 24.1. The molecule has 1 saturated heterocycles. The van der Waals surface area contributed by atoms with E-state index in [0.29, 0.717) is 36.6 Å². The van der Waals surface area contributed by atoms with E-state index in [0.717, 1.165) is 24.9 Å². The Morgan fingerprint density at radius 2 is 2.00 bits per heavy atom. The fourth-order valence-electron chi connectivity index (χ4n) is 4.68. The fraction of sp³-hybridized carbons (Fsp3) is 0.423. The molecule has 0 N–H and O–H groups in total. The van der Waals surface area contributed by atoms with E-state index in [1.54, 1.807) is 26.2 Å². The van der Waals surface area contributed by atoms with Crippen molar-refractivity contribution in [2.75, 3.05) is 33.4 Å². The lowest BCUT2D eigenvalue weighted by Crippen LogP contribution is -2.44. The average molecular weight is 468 g/mol. The molecular formula is C26H30FN3O4. The number of halogens is 1. The maximum atomic E-state index is 13.9. The van der Waals surface area contributed by atoms with E-state index in [1.165, 1.54) is 17.1 Å². The molecule has 2 aliphatic rings. The first kappa shape index (κ1) is 23.9. The largest absolute Gasteiger partial charge is 0.496 e. The highest BCUT2D eigenvalue weighted by atomic mass is 19.1. The minimum absolute atomic E-state index is 0.140. The van der Waals surface area contributed by atoms with Crippen LogP contribution < -0.4 is 4.74 Å². The number of rotatable bonds is 7. The molecule has 2 unspecified atom stereocenters. The molecule has 180 valence electrons. The Morgan fingerprint density at radius 3 is 2.76 bits per heavy atom. The van der Waals surface area contributed by atoms with Gasteiger partial charge in [0, 0.05) is 24.1 Å². The van der Waals surface area contributed by atoms with Crippen LogP contribution in [0.25, 0.3) is 0 Å². The van der Waals surface area contributed by atoms with Crippen LogP contribution >= 0.6 is 0 Å². The van der Waals surface area contributed by atoms with Crippen LogP contribution in [0.15, 0.2) is 53.6 Å². The van der Waals surface area contributed by atoms with Crippen LogP contribution in [0.4, 0.5) is 4.39 Å². The minimum atomic E-state index is -0.368. The number of ether oxygens (including phenoxy) is 2. The number of benzene rings is 2. The summed E-state index contributed by atoms with van der Waals surface area (Å²) in [6.45, 7) is 3.50. The molecule has 0 saturated carbocycles. The van der Waals surface area contributed by atoms with Gasteiger partial charge in [-0.1, -0.05) is 30.3 Å². The molecule has 2 aromatic rings. The molecule has 2 heterocycles. The molecule has 0 radical (unpaired) electrons. The average Bonchev–Trinajstić information content (AvgIpc) is 3.30. The van der Waals surface area contributed by atoms with Crippen molar-refractivity contribution in [2.24, 2.45) is 11.0 Å². The molecule has 0 aromatic heterocycles. The Kier molecular flexibility index (Phi) is 7.57. The van der Waals surface area contributed by atoms with Gasteiger partial charge >= 0.3 is 5.97 Å². The van der Waals surface area contributed by atoms with Crippen molar-refractivity contribution < 1.29 is 23.5 Å². The highest BCUT2D eigenvalue weighted by molar-refractivity contribution is 6.03. The summed E-state index contributed by atoms with van der Waals surface area (Å²) < 4.78 is 24.6. The van der Waals surface area contributed by atoms with Gasteiger partial charge in [-0.15, -0.1) is 0 Å². The van der Waals surface area contributed by atoms with Gasteiger partial charge in [-0.2, -0.15) is 5.10 Å². The summed E-state index contributed by atoms with van der Waals surface area (Å²) in [6.07, 6.45) is 2.03. The lowest BCUT2D eigenvalue weighted by Gasteiger charge is -2.32. The number of carbonyl (C=O) groups is 2. The quantitative estimate of drug-likeness (QED) is 0.580. The monoisotopic (exact) mass is 467 g/mol. The van der Waals surface area contributed by atoms with E-state index in [1.807, 2.05) is 29.2 Å². The molecular weight excluding hydrogens is 437 g/mol. The van der Waals surface area contributed by atoms with E-state index in [4.69, 9.17) is 9.47 Å². The molecule has 34 heavy (non-hydrogen) atoms. The Hall–Kier alpha value is -3.26. The normalized spacial score (nSPS) is 20.7. The Labute approximate surface area is 199 Å². The summed E-state index contributed by atoms with van der Waals surface area (Å²) in [5.41, 5.74) is 2.14. The number of hydrogen-bond acceptors (Lipinski definition) is 6. The van der Waals surface area contributed by atoms with Gasteiger partial charge in [0.25, 0.3) is 5.91 Å². The molecule has 1 amide bonds. The van der Waals surface area contributed by atoms with Crippen LogP contribution in [0.3, 0.4) is 0 Å². The van der Waals surface area contributed by atoms with Crippen molar-refractivity contribution in [3.8, 4) is 5.75 Å². The number of hydrazone groups is 1. The van der Waals surface area contributed by atoms with Gasteiger partial charge in [0.2, 0.25) is 0 Å². The van der Waals surface area contributed by atoms with Crippen LogP contribution in [0.2, 0.25) is 0 Å². The smallest absolute Gasteiger partial charge is 0.310 e. The van der Waals surface area contributed by atoms with Crippen LogP contribution in [0.5, 0.6) is 5.75 Å². The first-order valence-electron chi connectivity index (χ1n) is 11.7. The maximum Gasteiger partial charge on any atom is 0.310 e. The molecule has 0 spiro atoms. The Bertz CT molecular complexity index is 1070. The van der Waals surface area contributed by atoms with Crippen molar-refractivity contribution in [3.63, 3.8) is 0 Å². The van der Waals surface area contributed by atoms with Crippen LogP contribution in [-0.4, -0.2) is 60.8 Å². The highest BCUT2D eigenvalue weighted by Gasteiger charge is 2.36. The van der Waals surface area contributed by atoms with Crippen LogP contribution in [0.1, 0.15) is 43.4 Å². The predicted molar refractivity (Wildman–Crippen MR) is 126 cm³/mol. The molecule has 4 rings (SSSR count). The van der Waals surface area contributed by atoms with Gasteiger partial charge in [0.05, 0.1) is 37.9 Å². The molecule has 7 nitrogen and oxygen atoms in total. The van der Waals surface area contributed by atoms with E-state index in [-0.39, 0.29) is 36.2 Å². The number of nitrogens with zero attached hydrogens (tertiary/aromatic N) is 3. The van der Waals surface area contributed by atoms with Crippen molar-refractivity contribution in [1.29, 1.82) is 0 Å². The molecule has 2 aromatic carbocycles. The SMILES string of the molecule is CCOC(=O)C1CCCN(CC(=O)N2N=C(c3cccc(F)c3)CC2c2ccccc2OC)C1. The number of amides is 1. The van der Waals surface area contributed by atoms with E-state index in [9.17, 15) is 14.0 Å². The number of esters is 1. The topological polar surface area (TPSA) is 71.4 Å². The fourth-order valence-corrected chi connectivity index (χ4v) is 4.68. The summed E-state index contributed by atoms with van der Waals surface area (Å²) in [4.78, 5) is 27.7. The first-order valence-corrected chi connectivity index (χ1v) is 11.7. The minimum Gasteiger partial charge on any atom is -0.496 e. The highest BCUT2D eigenvalue weighted by Crippen LogP contribution is 2.37. The zero-order valence-corrected chi connectivity index (χ0v) is 19.6. The van der Waals surface area contributed by atoms with Gasteiger partial charge in [0.15, 0.2) is 0 Å². The van der Waals surface area contributed by atoms with Crippen molar-refractivity contribution in [2.45, 2.75) is 32.2 Å². The third-order valence-electron chi connectivity index (χ3n) is 6.31. The summed E-state index contributed by atoms with van der Waals surface area (Å²) >= 11 is 0. The summed E-state index contributed by atoms with van der Waals surface area (Å²) in [5.74, 6) is -0.291. The molecule has 0 aliphatic carbocycles. The standard InChI is InChI=1S/C26H30FN3O4/c1-3-34-26(32)19-9-7-13-29(16-19)17-25(31)30-23(21-11-4-5-12-24(21)33-2)15-22(28-30)18-8-6-10-20(27)14-18/h4-6,8,10-12,14,19,23H,3,7,9,13,15-17H2,1-2H3. The second kappa shape index (κ2) is 10.8. The summed E-state index contributed by atoms with van der Waals surface area (Å²) in [5, 5.41) is 6.13. The Morgan fingerprint density at radius 1 is 1.18 bits per heavy atom. The maximum absolute atomic E-state index is 13.9. The van der Waals surface area contributed by atoms with Crippen LogP contribution in [-0.2, 0) is 14.3 Å². The number of hydrogen-bond donors (Lipinski definition) is 0. The first-order chi connectivity index (χ1) is 16.5. The number of methoxy groups -OCH3 is 1. The molecule has 2 aliphatic heterocycles. The van der Waals surface area contributed by atoms with Gasteiger partial charge in [-0.05, 0) is 44.5 Å². The molecule has 1 fully saturated rings. The predicted octanol–water partition coefficient (Wildman–Crippen LogP) is 3.79. The van der Waals surface area contributed by atoms with E-state index >= 15 is 0 Å². The molecule has 8 heteroatoms. The van der Waals surface area contributed by atoms with Gasteiger partial charge < -0.3 is 9.47 Å². The summed E-state index contributed by atoms with van der Waals surface area (Å²) in [6, 6.07) is 13.4. The van der Waals surface area contributed by atoms with Gasteiger partial charge in [0.1, 0.15) is 11.6 Å². The lowest BCUT2D eigenvalue weighted by molar-refractivity contribution is -0.150. The second-order valence-corrected chi connectivity index (χ2v) is 8.58. The third kappa shape index (κ3) is 5.28. The lowest BCUT2D eigenvalue weighted by atomic mass is 9.97. The second-order valence-electron chi connectivity index (χ2n) is 8.58. The van der Waals surface area contributed by atoms with Gasteiger partial charge in [-0.25, -0.2) is 9.40 Å². The number of likely N-dealkylation sites (tertiary alicyclic amines) is 1. The molecule has 2 atom stereocenters. The number of para-hydroxylation sites is 1. The van der Waals surface area contributed by atoms with Crippen LogP contribution in [0, 0.1) is 11.7 Å². The third-order valence-corrected chi connectivity index (χ3v) is 6.31. The van der Waals surface area contributed by atoms with Gasteiger partial charge in [-0.3, -0.25) is 14.5 Å². The number of carbonyl (C=O) groups excluding carboxylic acids is 2. The zero-order valence-electron chi connectivity index (χ0n) is 19.6. The number of piperidine rings is 1. The van der Waals surface area contributed by atoms with E-state index < -0.39 is 0 Å². The van der Waals surface area contributed by atoms with Crippen molar-refractivity contribution in [1.82, 2.24) is 9.91 Å². The molecule has 0 bridgehead atoms. The Balaban J connectivity index is 1.57. The van der Waals surface area contributed by atoms with Crippen molar-refractivity contribution in [3.05, 3.63) is 65.5 Å².